The second kappa shape index (κ2) is 10.3. The maximum Gasteiger partial charge on any atom is 0.227 e. The maximum absolute atomic E-state index is 9.52. The van der Waals surface area contributed by atoms with Crippen LogP contribution in [0.2, 0.25) is 10.0 Å². The molecule has 0 radical (unpaired) electrons. The Morgan fingerprint density at radius 2 is 1.97 bits per heavy atom. The number of rotatable bonds is 10. The predicted octanol–water partition coefficient (Wildman–Crippen LogP) is 4.94. The summed E-state index contributed by atoms with van der Waals surface area (Å²) in [6.07, 6.45) is 4.32. The first-order valence-electron chi connectivity index (χ1n) is 10.2. The number of nitrogens with one attached hydrogen (secondary N) is 2. The quantitative estimate of drug-likeness (QED) is 0.379. The van der Waals surface area contributed by atoms with E-state index in [1.807, 2.05) is 29.7 Å². The Labute approximate surface area is 186 Å². The highest BCUT2D eigenvalue weighted by atomic mass is 35.5. The number of aromatic nitrogens is 4. The van der Waals surface area contributed by atoms with E-state index in [2.05, 4.69) is 39.4 Å². The molecule has 3 aromatic rings. The number of fused-ring (bicyclic) bond motifs is 1. The normalized spacial score (nSPS) is 12.5. The number of hydrogen-bond acceptors (Lipinski definition) is 6. The molecule has 0 fully saturated rings. The SMILES string of the molecule is CC[C@H](CO)Nc1nc(NCCCc2ccc(Cl)c(Cl)c2)c2ncn(C(C)C)c2n1. The highest BCUT2D eigenvalue weighted by Crippen LogP contribution is 2.25. The molecule has 0 amide bonds. The molecule has 0 saturated heterocycles. The van der Waals surface area contributed by atoms with Crippen molar-refractivity contribution in [2.75, 3.05) is 23.8 Å². The molecule has 0 aliphatic carbocycles. The molecule has 162 valence electrons. The van der Waals surface area contributed by atoms with Gasteiger partial charge in [0.15, 0.2) is 17.0 Å². The van der Waals surface area contributed by atoms with E-state index in [9.17, 15) is 5.11 Å². The number of hydrogen-bond donors (Lipinski definition) is 3. The molecule has 3 rings (SSSR count). The average Bonchev–Trinajstić information content (AvgIpc) is 3.16. The first kappa shape index (κ1) is 22.6. The minimum atomic E-state index is -0.0969. The number of benzene rings is 1. The molecule has 7 nitrogen and oxygen atoms in total. The van der Waals surface area contributed by atoms with Crippen LogP contribution in [0.5, 0.6) is 0 Å². The molecule has 0 saturated carbocycles. The molecule has 0 aliphatic rings. The van der Waals surface area contributed by atoms with E-state index in [0.29, 0.717) is 21.8 Å². The Morgan fingerprint density at radius 3 is 2.63 bits per heavy atom. The fourth-order valence-corrected chi connectivity index (χ4v) is 3.46. The second-order valence-electron chi connectivity index (χ2n) is 7.52. The largest absolute Gasteiger partial charge is 0.394 e. The van der Waals surface area contributed by atoms with Crippen LogP contribution >= 0.6 is 23.2 Å². The third kappa shape index (κ3) is 5.33. The fourth-order valence-electron chi connectivity index (χ4n) is 3.14. The lowest BCUT2D eigenvalue weighted by Gasteiger charge is -2.16. The number of halogens is 2. The molecular weight excluding hydrogens is 423 g/mol. The first-order chi connectivity index (χ1) is 14.4. The third-order valence-electron chi connectivity index (χ3n) is 4.94. The summed E-state index contributed by atoms with van der Waals surface area (Å²) in [7, 11) is 0. The summed E-state index contributed by atoms with van der Waals surface area (Å²) in [5.41, 5.74) is 2.64. The molecule has 30 heavy (non-hydrogen) atoms. The van der Waals surface area contributed by atoms with E-state index in [1.165, 1.54) is 0 Å². The summed E-state index contributed by atoms with van der Waals surface area (Å²) in [5, 5.41) is 17.3. The smallest absolute Gasteiger partial charge is 0.227 e. The van der Waals surface area contributed by atoms with Gasteiger partial charge in [0.25, 0.3) is 0 Å². The molecule has 0 unspecified atom stereocenters. The molecule has 0 bridgehead atoms. The van der Waals surface area contributed by atoms with Crippen molar-refractivity contribution in [2.45, 2.75) is 52.1 Å². The maximum atomic E-state index is 9.52. The molecule has 3 N–H and O–H groups in total. The van der Waals surface area contributed by atoms with E-state index >= 15 is 0 Å². The summed E-state index contributed by atoms with van der Waals surface area (Å²) in [6.45, 7) is 6.92. The van der Waals surface area contributed by atoms with Gasteiger partial charge in [-0.2, -0.15) is 9.97 Å². The number of nitrogens with zero attached hydrogens (tertiary/aromatic N) is 4. The second-order valence-corrected chi connectivity index (χ2v) is 8.34. The zero-order valence-corrected chi connectivity index (χ0v) is 19.0. The predicted molar refractivity (Wildman–Crippen MR) is 124 cm³/mol. The van der Waals surface area contributed by atoms with Crippen molar-refractivity contribution < 1.29 is 5.11 Å². The monoisotopic (exact) mass is 450 g/mol. The van der Waals surface area contributed by atoms with Crippen LogP contribution in [0, 0.1) is 0 Å². The molecule has 2 aromatic heterocycles. The van der Waals surface area contributed by atoms with Crippen molar-refractivity contribution in [1.82, 2.24) is 19.5 Å². The van der Waals surface area contributed by atoms with Crippen LogP contribution in [-0.2, 0) is 6.42 Å². The van der Waals surface area contributed by atoms with Crippen molar-refractivity contribution in [1.29, 1.82) is 0 Å². The van der Waals surface area contributed by atoms with Crippen LogP contribution < -0.4 is 10.6 Å². The van der Waals surface area contributed by atoms with Gasteiger partial charge in [0.05, 0.1) is 29.0 Å². The number of aliphatic hydroxyl groups is 1. The van der Waals surface area contributed by atoms with Gasteiger partial charge in [-0.25, -0.2) is 4.98 Å². The van der Waals surface area contributed by atoms with E-state index in [-0.39, 0.29) is 18.7 Å². The van der Waals surface area contributed by atoms with Crippen LogP contribution in [0.4, 0.5) is 11.8 Å². The lowest BCUT2D eigenvalue weighted by molar-refractivity contribution is 0.271. The number of anilines is 2. The van der Waals surface area contributed by atoms with Crippen molar-refractivity contribution in [3.8, 4) is 0 Å². The first-order valence-corrected chi connectivity index (χ1v) is 11.0. The van der Waals surface area contributed by atoms with E-state index in [1.54, 1.807) is 6.33 Å². The van der Waals surface area contributed by atoms with Crippen LogP contribution in [0.15, 0.2) is 24.5 Å². The number of aryl methyl sites for hydroxylation is 1. The number of imidazole rings is 1. The summed E-state index contributed by atoms with van der Waals surface area (Å²) in [6, 6.07) is 5.84. The molecule has 1 atom stereocenters. The Bertz CT molecular complexity index is 987. The van der Waals surface area contributed by atoms with Gasteiger partial charge in [0, 0.05) is 12.6 Å². The summed E-state index contributed by atoms with van der Waals surface area (Å²) >= 11 is 12.1. The Morgan fingerprint density at radius 1 is 1.17 bits per heavy atom. The van der Waals surface area contributed by atoms with Gasteiger partial charge in [-0.15, -0.1) is 0 Å². The van der Waals surface area contributed by atoms with Crippen molar-refractivity contribution in [3.05, 3.63) is 40.1 Å². The fraction of sp³-hybridized carbons (Fsp3) is 0.476. The summed E-state index contributed by atoms with van der Waals surface area (Å²) in [4.78, 5) is 13.8. The Balaban J connectivity index is 1.76. The Hall–Kier alpha value is -2.09. The van der Waals surface area contributed by atoms with Crippen LogP contribution in [0.25, 0.3) is 11.2 Å². The van der Waals surface area contributed by atoms with Crippen LogP contribution in [0.1, 0.15) is 45.2 Å². The highest BCUT2D eigenvalue weighted by Gasteiger charge is 2.16. The summed E-state index contributed by atoms with van der Waals surface area (Å²) < 4.78 is 2.02. The molecule has 2 heterocycles. The molecule has 9 heteroatoms. The van der Waals surface area contributed by atoms with Gasteiger partial charge in [0.2, 0.25) is 5.95 Å². The van der Waals surface area contributed by atoms with E-state index in [0.717, 1.165) is 42.5 Å². The van der Waals surface area contributed by atoms with E-state index < -0.39 is 0 Å². The standard InChI is InChI=1S/C21H28Cl2N6O/c1-4-15(11-30)26-21-27-19(18-20(28-21)29(12-25-18)13(2)3)24-9-5-6-14-7-8-16(22)17(23)10-14/h7-8,10,12-13,15,30H,4-6,9,11H2,1-3H3,(H2,24,26,27,28)/t15-/m1/s1. The average molecular weight is 451 g/mol. The highest BCUT2D eigenvalue weighted by molar-refractivity contribution is 6.42. The topological polar surface area (TPSA) is 87.9 Å². The van der Waals surface area contributed by atoms with Crippen molar-refractivity contribution in [2.24, 2.45) is 0 Å². The van der Waals surface area contributed by atoms with E-state index in [4.69, 9.17) is 23.2 Å². The minimum absolute atomic E-state index is 0.0216. The molecule has 0 aliphatic heterocycles. The molecular formula is C21H28Cl2N6O. The zero-order valence-electron chi connectivity index (χ0n) is 17.5. The number of aliphatic hydroxyl groups excluding tert-OH is 1. The zero-order chi connectivity index (χ0) is 21.7. The van der Waals surface area contributed by atoms with Gasteiger partial charge in [-0.05, 0) is 50.8 Å². The van der Waals surface area contributed by atoms with Gasteiger partial charge < -0.3 is 20.3 Å². The van der Waals surface area contributed by atoms with Crippen LogP contribution in [0.3, 0.4) is 0 Å². The van der Waals surface area contributed by atoms with Gasteiger partial charge in [-0.1, -0.05) is 36.2 Å². The Kier molecular flexibility index (Phi) is 7.75. The minimum Gasteiger partial charge on any atom is -0.394 e. The molecule has 1 aromatic carbocycles. The summed E-state index contributed by atoms with van der Waals surface area (Å²) in [5.74, 6) is 1.17. The van der Waals surface area contributed by atoms with Gasteiger partial charge >= 0.3 is 0 Å². The van der Waals surface area contributed by atoms with Gasteiger partial charge in [0.1, 0.15) is 0 Å². The lowest BCUT2D eigenvalue weighted by atomic mass is 10.1. The van der Waals surface area contributed by atoms with Crippen LogP contribution in [-0.4, -0.2) is 43.8 Å². The van der Waals surface area contributed by atoms with Crippen molar-refractivity contribution >= 4 is 46.1 Å². The van der Waals surface area contributed by atoms with Gasteiger partial charge in [-0.3, -0.25) is 0 Å². The third-order valence-corrected chi connectivity index (χ3v) is 5.68. The molecule has 0 spiro atoms. The lowest BCUT2D eigenvalue weighted by Crippen LogP contribution is -2.24. The van der Waals surface area contributed by atoms with Crippen molar-refractivity contribution in [3.63, 3.8) is 0 Å².